The molecule has 1 amide bonds. The van der Waals surface area contributed by atoms with Gasteiger partial charge in [-0.15, -0.1) is 0 Å². The van der Waals surface area contributed by atoms with E-state index in [-0.39, 0.29) is 5.82 Å². The highest BCUT2D eigenvalue weighted by Gasteiger charge is 1.93. The average molecular weight is 190 g/mol. The summed E-state index contributed by atoms with van der Waals surface area (Å²) in [5.41, 5.74) is 0.568. The van der Waals surface area contributed by atoms with Crippen LogP contribution in [0.4, 0.5) is 4.39 Å². The largest absolute Gasteiger partial charge is 0.269 e. The highest BCUT2D eigenvalue weighted by atomic mass is 19.1. The van der Waals surface area contributed by atoms with Crippen LogP contribution in [-0.4, -0.2) is 5.91 Å². The van der Waals surface area contributed by atoms with Crippen LogP contribution < -0.4 is 5.32 Å². The Morgan fingerprint density at radius 3 is 3.00 bits per heavy atom. The summed E-state index contributed by atoms with van der Waals surface area (Å²) in [5.74, 6) is -0.899. The molecule has 0 saturated carbocycles. The number of carbonyl (C=O) groups excluding carboxylic acids is 1. The van der Waals surface area contributed by atoms with Gasteiger partial charge in [0.05, 0.1) is 0 Å². The minimum absolute atomic E-state index is 0.368. The standard InChI is InChI=1S/C10H7FN2O/c11-9-3-1-2-8(6-9)4-5-10(14)13-7-12/h1-6H,(H,13,14). The third-order valence-corrected chi connectivity index (χ3v) is 1.45. The van der Waals surface area contributed by atoms with Crippen molar-refractivity contribution in [3.8, 4) is 6.19 Å². The van der Waals surface area contributed by atoms with Crippen LogP contribution >= 0.6 is 0 Å². The Balaban J connectivity index is 2.70. The van der Waals surface area contributed by atoms with E-state index in [4.69, 9.17) is 5.26 Å². The van der Waals surface area contributed by atoms with Crippen LogP contribution in [0.5, 0.6) is 0 Å². The molecule has 70 valence electrons. The van der Waals surface area contributed by atoms with E-state index in [9.17, 15) is 9.18 Å². The molecule has 0 heterocycles. The third kappa shape index (κ3) is 3.07. The Kier molecular flexibility index (Phi) is 3.39. The molecule has 0 aromatic heterocycles. The van der Waals surface area contributed by atoms with Gasteiger partial charge in [0.1, 0.15) is 5.82 Å². The summed E-state index contributed by atoms with van der Waals surface area (Å²) in [6.07, 6.45) is 4.08. The number of nitriles is 1. The number of nitrogens with one attached hydrogen (secondary N) is 1. The highest BCUT2D eigenvalue weighted by Crippen LogP contribution is 2.04. The monoisotopic (exact) mass is 190 g/mol. The Labute approximate surface area is 80.5 Å². The van der Waals surface area contributed by atoms with Crippen molar-refractivity contribution in [1.82, 2.24) is 5.32 Å². The number of amides is 1. The molecule has 3 nitrogen and oxygen atoms in total. The van der Waals surface area contributed by atoms with Gasteiger partial charge in [0.25, 0.3) is 5.91 Å². The van der Waals surface area contributed by atoms with Crippen LogP contribution in [0.2, 0.25) is 0 Å². The predicted octanol–water partition coefficient (Wildman–Crippen LogP) is 1.44. The Bertz CT molecular complexity index is 407. The summed E-state index contributed by atoms with van der Waals surface area (Å²) < 4.78 is 12.7. The second kappa shape index (κ2) is 4.77. The first-order valence-electron chi connectivity index (χ1n) is 3.85. The maximum atomic E-state index is 12.7. The topological polar surface area (TPSA) is 52.9 Å². The lowest BCUT2D eigenvalue weighted by Crippen LogP contribution is -2.13. The first-order chi connectivity index (χ1) is 6.72. The fraction of sp³-hybridized carbons (Fsp3) is 0. The van der Waals surface area contributed by atoms with Crippen LogP contribution in [0.3, 0.4) is 0 Å². The Hall–Kier alpha value is -2.15. The second-order valence-corrected chi connectivity index (χ2v) is 2.49. The van der Waals surface area contributed by atoms with Gasteiger partial charge in [0.2, 0.25) is 0 Å². The van der Waals surface area contributed by atoms with Crippen LogP contribution in [0, 0.1) is 17.3 Å². The molecule has 0 aliphatic carbocycles. The molecule has 0 atom stereocenters. The summed E-state index contributed by atoms with van der Waals surface area (Å²) in [7, 11) is 0. The smallest absolute Gasteiger partial charge is 0.256 e. The van der Waals surface area contributed by atoms with E-state index in [2.05, 4.69) is 0 Å². The van der Waals surface area contributed by atoms with Gasteiger partial charge >= 0.3 is 0 Å². The van der Waals surface area contributed by atoms with Gasteiger partial charge in [0, 0.05) is 6.08 Å². The van der Waals surface area contributed by atoms with Crippen molar-refractivity contribution in [3.05, 3.63) is 41.7 Å². The third-order valence-electron chi connectivity index (χ3n) is 1.45. The van der Waals surface area contributed by atoms with E-state index < -0.39 is 5.91 Å². The summed E-state index contributed by atoms with van der Waals surface area (Å²) in [4.78, 5) is 10.8. The zero-order valence-corrected chi connectivity index (χ0v) is 7.20. The molecule has 1 aromatic rings. The van der Waals surface area contributed by atoms with E-state index in [0.29, 0.717) is 5.56 Å². The number of hydrogen-bond acceptors (Lipinski definition) is 2. The summed E-state index contributed by atoms with van der Waals surface area (Å²) in [5, 5.41) is 10.0. The van der Waals surface area contributed by atoms with E-state index in [1.54, 1.807) is 6.07 Å². The number of carbonyl (C=O) groups is 1. The number of halogens is 1. The minimum atomic E-state index is -0.531. The molecule has 0 aliphatic rings. The molecule has 14 heavy (non-hydrogen) atoms. The van der Waals surface area contributed by atoms with Crippen LogP contribution in [0.1, 0.15) is 5.56 Å². The van der Waals surface area contributed by atoms with E-state index in [1.165, 1.54) is 30.5 Å². The van der Waals surface area contributed by atoms with Crippen molar-refractivity contribution in [2.75, 3.05) is 0 Å². The molecule has 0 radical (unpaired) electrons. The van der Waals surface area contributed by atoms with Crippen LogP contribution in [0.25, 0.3) is 6.08 Å². The number of rotatable bonds is 2. The van der Waals surface area contributed by atoms with Crippen molar-refractivity contribution < 1.29 is 9.18 Å². The highest BCUT2D eigenvalue weighted by molar-refractivity contribution is 5.92. The van der Waals surface area contributed by atoms with Gasteiger partial charge in [-0.2, -0.15) is 5.26 Å². The molecule has 0 saturated heterocycles. The lowest BCUT2D eigenvalue weighted by atomic mass is 10.2. The summed E-state index contributed by atoms with van der Waals surface area (Å²) in [6.45, 7) is 0. The molecule has 1 aromatic carbocycles. The molecular weight excluding hydrogens is 183 g/mol. The maximum absolute atomic E-state index is 12.7. The lowest BCUT2D eigenvalue weighted by Gasteiger charge is -1.92. The van der Waals surface area contributed by atoms with Crippen molar-refractivity contribution in [2.45, 2.75) is 0 Å². The molecule has 0 aliphatic heterocycles. The van der Waals surface area contributed by atoms with Crippen LogP contribution in [0.15, 0.2) is 30.3 Å². The van der Waals surface area contributed by atoms with Crippen molar-refractivity contribution in [3.63, 3.8) is 0 Å². The second-order valence-electron chi connectivity index (χ2n) is 2.49. The van der Waals surface area contributed by atoms with E-state index >= 15 is 0 Å². The van der Waals surface area contributed by atoms with Crippen LogP contribution in [-0.2, 0) is 4.79 Å². The number of hydrogen-bond donors (Lipinski definition) is 1. The molecule has 0 unspecified atom stereocenters. The first kappa shape index (κ1) is 9.93. The molecule has 0 bridgehead atoms. The van der Waals surface area contributed by atoms with Gasteiger partial charge in [-0.3, -0.25) is 10.1 Å². The van der Waals surface area contributed by atoms with Crippen molar-refractivity contribution >= 4 is 12.0 Å². The van der Waals surface area contributed by atoms with Crippen molar-refractivity contribution in [2.24, 2.45) is 0 Å². The fourth-order valence-corrected chi connectivity index (χ4v) is 0.879. The SMILES string of the molecule is N#CNC(=O)C=Cc1cccc(F)c1. The number of benzene rings is 1. The van der Waals surface area contributed by atoms with Gasteiger partial charge in [-0.1, -0.05) is 12.1 Å². The summed E-state index contributed by atoms with van der Waals surface area (Å²) in [6, 6.07) is 5.79. The van der Waals surface area contributed by atoms with E-state index in [1.807, 2.05) is 5.32 Å². The molecular formula is C10H7FN2O. The Morgan fingerprint density at radius 1 is 1.57 bits per heavy atom. The quantitative estimate of drug-likeness (QED) is 0.435. The summed E-state index contributed by atoms with van der Waals surface area (Å²) >= 11 is 0. The molecule has 4 heteroatoms. The fourth-order valence-electron chi connectivity index (χ4n) is 0.879. The first-order valence-corrected chi connectivity index (χ1v) is 3.85. The molecule has 0 spiro atoms. The van der Waals surface area contributed by atoms with E-state index in [0.717, 1.165) is 6.08 Å². The molecule has 0 fully saturated rings. The lowest BCUT2D eigenvalue weighted by molar-refractivity contribution is -0.115. The molecule has 1 rings (SSSR count). The van der Waals surface area contributed by atoms with Gasteiger partial charge in [0.15, 0.2) is 6.19 Å². The minimum Gasteiger partial charge on any atom is -0.269 e. The van der Waals surface area contributed by atoms with Crippen molar-refractivity contribution in [1.29, 1.82) is 5.26 Å². The van der Waals surface area contributed by atoms with Gasteiger partial charge < -0.3 is 0 Å². The van der Waals surface area contributed by atoms with Gasteiger partial charge in [-0.25, -0.2) is 4.39 Å². The predicted molar refractivity (Wildman–Crippen MR) is 49.2 cm³/mol. The molecule has 1 N–H and O–H groups in total. The number of nitrogens with zero attached hydrogens (tertiary/aromatic N) is 1. The Morgan fingerprint density at radius 2 is 2.36 bits per heavy atom. The zero-order chi connectivity index (χ0) is 10.4. The maximum Gasteiger partial charge on any atom is 0.256 e. The average Bonchev–Trinajstić information content (AvgIpc) is 2.15. The zero-order valence-electron chi connectivity index (χ0n) is 7.20. The van der Waals surface area contributed by atoms with Gasteiger partial charge in [-0.05, 0) is 23.8 Å². The normalized spacial score (nSPS) is 9.71.